The molecule has 1 fully saturated rings. The summed E-state index contributed by atoms with van der Waals surface area (Å²) in [5, 5.41) is 0. The van der Waals surface area contributed by atoms with Crippen LogP contribution in [0.4, 0.5) is 74.6 Å². The van der Waals surface area contributed by atoms with Gasteiger partial charge in [-0.05, 0) is 12.8 Å². The Bertz CT molecular complexity index is 757. The van der Waals surface area contributed by atoms with Crippen molar-refractivity contribution in [2.75, 3.05) is 6.61 Å². The molecule has 3 nitrogen and oxygen atoms in total. The molecule has 0 bridgehead atoms. The van der Waals surface area contributed by atoms with E-state index in [4.69, 9.17) is 0 Å². The van der Waals surface area contributed by atoms with Gasteiger partial charge in [-0.1, -0.05) is 0 Å². The van der Waals surface area contributed by atoms with Crippen molar-refractivity contribution in [3.63, 3.8) is 0 Å². The minimum absolute atomic E-state index is 1.66. The van der Waals surface area contributed by atoms with Gasteiger partial charge in [-0.3, -0.25) is 4.79 Å². The first-order valence-corrected chi connectivity index (χ1v) is 8.74. The third kappa shape index (κ3) is 5.71. The molecule has 1 rings (SSSR count). The van der Waals surface area contributed by atoms with E-state index in [2.05, 4.69) is 9.47 Å². The van der Waals surface area contributed by atoms with E-state index in [0.29, 0.717) is 0 Å². The Labute approximate surface area is 182 Å². The monoisotopic (exact) mass is 562 g/mol. The summed E-state index contributed by atoms with van der Waals surface area (Å²) in [6, 6.07) is -4.58. The number of ether oxygens (including phenoxy) is 2. The molecule has 0 aromatic carbocycles. The molecule has 3 atom stereocenters. The van der Waals surface area contributed by atoms with Crippen molar-refractivity contribution >= 4 is 6.04 Å². The predicted octanol–water partition coefficient (Wildman–Crippen LogP) is 6.11. The highest BCUT2D eigenvalue weighted by molar-refractivity contribution is 5.78. The Hall–Kier alpha value is -1.60. The van der Waals surface area contributed by atoms with Gasteiger partial charge >= 0.3 is 48.0 Å². The van der Waals surface area contributed by atoms with Crippen LogP contribution in [0.15, 0.2) is 0 Å². The second-order valence-corrected chi connectivity index (χ2v) is 7.17. The fourth-order valence-corrected chi connectivity index (χ4v) is 2.75. The summed E-state index contributed by atoms with van der Waals surface area (Å²) in [5.74, 6) is -36.6. The molecular weight excluding hydrogens is 551 g/mol. The second kappa shape index (κ2) is 9.37. The van der Waals surface area contributed by atoms with E-state index in [1.165, 1.54) is 0 Å². The van der Waals surface area contributed by atoms with E-state index in [1.807, 2.05) is 0 Å². The number of hydrogen-bond donors (Lipinski definition) is 0. The van der Waals surface area contributed by atoms with E-state index < -0.39 is 92.2 Å². The van der Waals surface area contributed by atoms with Crippen LogP contribution in [0.3, 0.4) is 0 Å². The van der Waals surface area contributed by atoms with Gasteiger partial charge in [0.15, 0.2) is 12.2 Å². The van der Waals surface area contributed by atoms with Crippen molar-refractivity contribution in [2.45, 2.75) is 79.5 Å². The number of carbonyl (C=O) groups is 1. The molecule has 20 heteroatoms. The highest BCUT2D eigenvalue weighted by Crippen LogP contribution is 2.58. The van der Waals surface area contributed by atoms with E-state index >= 15 is 0 Å². The van der Waals surface area contributed by atoms with Crippen LogP contribution in [0.2, 0.25) is 0 Å². The maximum absolute atomic E-state index is 13.7. The zero-order valence-electron chi connectivity index (χ0n) is 16.2. The lowest BCUT2D eigenvalue weighted by atomic mass is 9.91. The second-order valence-electron chi connectivity index (χ2n) is 7.17. The molecule has 0 N–H and O–H groups in total. The first-order chi connectivity index (χ1) is 15.2. The molecule has 0 spiro atoms. The molecule has 0 aromatic rings. The van der Waals surface area contributed by atoms with Gasteiger partial charge in [0, 0.05) is 6.42 Å². The summed E-state index contributed by atoms with van der Waals surface area (Å²) in [5.41, 5.74) is 0. The number of halogens is 17. The molecule has 0 saturated carbocycles. The molecule has 1 aliphatic heterocycles. The Morgan fingerprint density at radius 1 is 0.714 bits per heavy atom. The lowest BCUT2D eigenvalue weighted by Gasteiger charge is -2.39. The van der Waals surface area contributed by atoms with E-state index in [1.54, 1.807) is 0 Å². The normalized spacial score (nSPS) is 24.0. The minimum Gasteiger partial charge on any atom is -0.363 e. The highest BCUT2D eigenvalue weighted by Gasteiger charge is 2.87. The summed E-state index contributed by atoms with van der Waals surface area (Å²) in [7, 11) is 0. The van der Waals surface area contributed by atoms with E-state index in [9.17, 15) is 79.4 Å². The first-order valence-electron chi connectivity index (χ1n) is 8.74. The quantitative estimate of drug-likeness (QED) is 0.252. The van der Waals surface area contributed by atoms with Gasteiger partial charge in [-0.25, -0.2) is 0 Å². The van der Waals surface area contributed by atoms with Gasteiger partial charge in [0.2, 0.25) is 0 Å². The Balaban J connectivity index is 3.11. The molecule has 1 heterocycles. The molecule has 1 aliphatic rings. The largest absolute Gasteiger partial charge is 0.417 e. The van der Waals surface area contributed by atoms with Gasteiger partial charge in [0.05, 0.1) is 12.7 Å². The van der Waals surface area contributed by atoms with Crippen LogP contribution >= 0.6 is 0 Å². The maximum atomic E-state index is 13.7. The van der Waals surface area contributed by atoms with Crippen molar-refractivity contribution in [1.82, 2.24) is 0 Å². The number of rotatable bonds is 9. The first kappa shape index (κ1) is 31.4. The van der Waals surface area contributed by atoms with Crippen molar-refractivity contribution in [3.8, 4) is 0 Å². The van der Waals surface area contributed by atoms with Crippen molar-refractivity contribution in [1.29, 1.82) is 0 Å². The van der Waals surface area contributed by atoms with Crippen LogP contribution in [0, 0.1) is 0 Å². The Morgan fingerprint density at radius 2 is 1.20 bits per heavy atom. The van der Waals surface area contributed by atoms with Crippen LogP contribution in [-0.4, -0.2) is 72.9 Å². The molecule has 3 unspecified atom stereocenters. The predicted molar refractivity (Wildman–Crippen MR) is 75.2 cm³/mol. The van der Waals surface area contributed by atoms with Gasteiger partial charge in [0.25, 0.3) is 0 Å². The highest BCUT2D eigenvalue weighted by atomic mass is 19.4. The fourth-order valence-electron chi connectivity index (χ4n) is 2.75. The molecule has 1 saturated heterocycles. The number of carbonyl (C=O) groups excluding carboxylic acids is 1. The van der Waals surface area contributed by atoms with Crippen LogP contribution < -0.4 is 0 Å². The van der Waals surface area contributed by atoms with Gasteiger partial charge in [-0.15, -0.1) is 0 Å². The van der Waals surface area contributed by atoms with Gasteiger partial charge in [-0.2, -0.15) is 74.6 Å². The summed E-state index contributed by atoms with van der Waals surface area (Å²) >= 11 is 0. The number of hydrogen-bond acceptors (Lipinski definition) is 3. The molecule has 208 valence electrons. The van der Waals surface area contributed by atoms with Crippen molar-refractivity contribution in [3.05, 3.63) is 0 Å². The summed E-state index contributed by atoms with van der Waals surface area (Å²) in [6.45, 7) is -1.72. The summed E-state index contributed by atoms with van der Waals surface area (Å²) < 4.78 is 230. The molecule has 0 aliphatic carbocycles. The maximum Gasteiger partial charge on any atom is 0.417 e. The topological polar surface area (TPSA) is 35.5 Å². The lowest BCUT2D eigenvalue weighted by Crippen LogP contribution is -2.68. The minimum atomic E-state index is -7.81. The average Bonchev–Trinajstić information content (AvgIpc) is 2.65. The van der Waals surface area contributed by atoms with Crippen LogP contribution in [0.25, 0.3) is 0 Å². The molecule has 35 heavy (non-hydrogen) atoms. The molecular formula is C15H11F17O3. The average molecular weight is 562 g/mol. The van der Waals surface area contributed by atoms with Crippen molar-refractivity contribution in [2.24, 2.45) is 0 Å². The van der Waals surface area contributed by atoms with E-state index in [-0.39, 0.29) is 0 Å². The SMILES string of the molecule is O=C(F)C(F)(F)C(F)(F)C(F)(F)C(F)(F)C(F)(F)CCCC1OC(C(F)(F)F)COC1C(F)(F)F. The number of alkyl halides is 16. The Kier molecular flexibility index (Phi) is 8.41. The van der Waals surface area contributed by atoms with Crippen LogP contribution in [0.5, 0.6) is 0 Å². The standard InChI is InChI=1S/C15H11F17O3/c16-8(33)10(19,20)14(29,30)15(31,32)13(27,28)9(17,18)3-1-2-5-7(12(24,25)26)34-4-6(35-5)11(21,22)23/h5-7H,1-4H2. The molecule has 0 amide bonds. The fraction of sp³-hybridized carbons (Fsp3) is 0.933. The van der Waals surface area contributed by atoms with Crippen LogP contribution in [0.1, 0.15) is 19.3 Å². The third-order valence-electron chi connectivity index (χ3n) is 4.66. The zero-order chi connectivity index (χ0) is 28.1. The summed E-state index contributed by atoms with van der Waals surface area (Å²) in [4.78, 5) is 9.83. The smallest absolute Gasteiger partial charge is 0.363 e. The third-order valence-corrected chi connectivity index (χ3v) is 4.66. The van der Waals surface area contributed by atoms with Gasteiger partial charge < -0.3 is 9.47 Å². The van der Waals surface area contributed by atoms with Crippen LogP contribution in [-0.2, 0) is 14.3 Å². The zero-order valence-corrected chi connectivity index (χ0v) is 16.2. The lowest BCUT2D eigenvalue weighted by molar-refractivity contribution is -0.396. The summed E-state index contributed by atoms with van der Waals surface area (Å²) in [6.07, 6.45) is -26.2. The Morgan fingerprint density at radius 3 is 1.60 bits per heavy atom. The van der Waals surface area contributed by atoms with E-state index in [0.717, 1.165) is 0 Å². The van der Waals surface area contributed by atoms with Crippen molar-refractivity contribution < 1.29 is 88.9 Å². The molecule has 0 radical (unpaired) electrons. The molecule has 0 aromatic heterocycles. The van der Waals surface area contributed by atoms with Gasteiger partial charge in [0.1, 0.15) is 0 Å².